The van der Waals surface area contributed by atoms with Crippen LogP contribution in [0.25, 0.3) is 0 Å². The molecule has 0 bridgehead atoms. The molecule has 0 radical (unpaired) electrons. The summed E-state index contributed by atoms with van der Waals surface area (Å²) in [5.41, 5.74) is 5.35. The van der Waals surface area contributed by atoms with Crippen molar-refractivity contribution >= 4 is 23.4 Å². The van der Waals surface area contributed by atoms with Crippen LogP contribution in [0.5, 0.6) is 0 Å². The summed E-state index contributed by atoms with van der Waals surface area (Å²) in [6.45, 7) is 1.88. The number of ether oxygens (including phenoxy) is 1. The number of fused-ring (bicyclic) bond motifs is 3. The van der Waals surface area contributed by atoms with Crippen LogP contribution in [0.4, 0.5) is 0 Å². The zero-order chi connectivity index (χ0) is 24.0. The Morgan fingerprint density at radius 3 is 2.74 bits per heavy atom. The van der Waals surface area contributed by atoms with Gasteiger partial charge in [-0.05, 0) is 72.7 Å². The molecule has 1 aliphatic carbocycles. The molecule has 1 fully saturated rings. The van der Waals surface area contributed by atoms with Crippen LogP contribution in [0.1, 0.15) is 68.3 Å². The van der Waals surface area contributed by atoms with Crippen molar-refractivity contribution < 1.29 is 14.3 Å². The van der Waals surface area contributed by atoms with Gasteiger partial charge in [-0.15, -0.1) is 0 Å². The molecule has 2 aromatic carbocycles. The van der Waals surface area contributed by atoms with E-state index in [1.807, 2.05) is 35.4 Å². The maximum absolute atomic E-state index is 13.4. The Balaban J connectivity index is 1.16. The molecular weight excluding hydrogens is 462 g/mol. The molecule has 6 rings (SSSR count). The smallest absolute Gasteiger partial charge is 0.253 e. The van der Waals surface area contributed by atoms with Gasteiger partial charge in [-0.2, -0.15) is 0 Å². The van der Waals surface area contributed by atoms with Crippen molar-refractivity contribution in [1.82, 2.24) is 15.2 Å². The lowest BCUT2D eigenvalue weighted by Crippen LogP contribution is -2.45. The van der Waals surface area contributed by atoms with Gasteiger partial charge in [-0.1, -0.05) is 29.8 Å². The van der Waals surface area contributed by atoms with E-state index in [-0.39, 0.29) is 23.5 Å². The van der Waals surface area contributed by atoms with E-state index in [0.29, 0.717) is 35.8 Å². The van der Waals surface area contributed by atoms with Crippen molar-refractivity contribution in [3.63, 3.8) is 0 Å². The van der Waals surface area contributed by atoms with Gasteiger partial charge in [-0.25, -0.2) is 0 Å². The summed E-state index contributed by atoms with van der Waals surface area (Å²) in [6, 6.07) is 14.8. The van der Waals surface area contributed by atoms with Gasteiger partial charge in [0.2, 0.25) is 0 Å². The van der Waals surface area contributed by atoms with Gasteiger partial charge in [0, 0.05) is 36.6 Å². The number of amides is 2. The number of nitrogens with zero attached hydrogens (tertiary/aromatic N) is 2. The van der Waals surface area contributed by atoms with E-state index in [1.54, 1.807) is 30.5 Å². The van der Waals surface area contributed by atoms with E-state index in [2.05, 4.69) is 10.3 Å². The summed E-state index contributed by atoms with van der Waals surface area (Å²) in [6.07, 6.45) is 6.92. The van der Waals surface area contributed by atoms with Crippen molar-refractivity contribution in [2.24, 2.45) is 0 Å². The molecule has 1 aromatic heterocycles. The zero-order valence-corrected chi connectivity index (χ0v) is 20.1. The fourth-order valence-corrected chi connectivity index (χ4v) is 5.91. The number of nitrogens with one attached hydrogen (secondary N) is 1. The summed E-state index contributed by atoms with van der Waals surface area (Å²) >= 11 is 6.21. The molecule has 3 aliphatic rings. The number of pyridine rings is 1. The summed E-state index contributed by atoms with van der Waals surface area (Å²) in [5.74, 6) is -0.173. The first kappa shape index (κ1) is 22.3. The molecule has 1 spiro atoms. The van der Waals surface area contributed by atoms with Gasteiger partial charge in [-0.3, -0.25) is 14.6 Å². The van der Waals surface area contributed by atoms with Crippen molar-refractivity contribution in [2.75, 3.05) is 13.1 Å². The third kappa shape index (κ3) is 3.91. The Morgan fingerprint density at radius 1 is 1.09 bits per heavy atom. The van der Waals surface area contributed by atoms with Crippen LogP contribution in [-0.4, -0.2) is 34.8 Å². The second-order valence-corrected chi connectivity index (χ2v) is 9.97. The lowest BCUT2D eigenvalue weighted by Gasteiger charge is -2.39. The second kappa shape index (κ2) is 8.77. The van der Waals surface area contributed by atoms with E-state index < -0.39 is 0 Å². The van der Waals surface area contributed by atoms with Gasteiger partial charge >= 0.3 is 0 Å². The number of piperidine rings is 1. The first-order valence-electron chi connectivity index (χ1n) is 12.1. The third-order valence-corrected chi connectivity index (χ3v) is 7.99. The highest BCUT2D eigenvalue weighted by Gasteiger charge is 2.43. The fourth-order valence-electron chi connectivity index (χ4n) is 5.69. The van der Waals surface area contributed by atoms with E-state index >= 15 is 0 Å². The molecule has 2 aliphatic heterocycles. The number of benzene rings is 2. The fraction of sp³-hybridized carbons (Fsp3) is 0.321. The first-order chi connectivity index (χ1) is 17.0. The van der Waals surface area contributed by atoms with Crippen LogP contribution in [0, 0.1) is 0 Å². The predicted molar refractivity (Wildman–Crippen MR) is 132 cm³/mol. The molecule has 1 saturated heterocycles. The highest BCUT2D eigenvalue weighted by Crippen LogP contribution is 2.44. The van der Waals surface area contributed by atoms with Gasteiger partial charge in [0.05, 0.1) is 28.8 Å². The standard InChI is InChI=1S/C28H26ClN3O3/c29-24-4-2-1-3-21(24)26(33)31-25-8-7-18-5-6-19(15-22(18)25)27(34)32-13-10-28(11-14-32)23-16-30-12-9-20(23)17-35-28/h1-6,9,12,15-16,25H,7-8,10-11,13-14,17H2,(H,31,33)/t25-/m1/s1. The molecule has 2 amide bonds. The van der Waals surface area contributed by atoms with Crippen LogP contribution in [0.2, 0.25) is 5.02 Å². The summed E-state index contributed by atoms with van der Waals surface area (Å²) in [7, 11) is 0. The minimum absolute atomic E-state index is 0.0233. The number of aryl methyl sites for hydroxylation is 1. The molecule has 3 aromatic rings. The molecule has 6 nitrogen and oxygen atoms in total. The van der Waals surface area contributed by atoms with Crippen molar-refractivity contribution in [3.8, 4) is 0 Å². The number of hydrogen-bond donors (Lipinski definition) is 1. The largest absolute Gasteiger partial charge is 0.365 e. The van der Waals surface area contributed by atoms with Crippen molar-refractivity contribution in [2.45, 2.75) is 43.9 Å². The topological polar surface area (TPSA) is 71.5 Å². The van der Waals surface area contributed by atoms with E-state index in [4.69, 9.17) is 16.3 Å². The molecule has 178 valence electrons. The molecule has 3 heterocycles. The van der Waals surface area contributed by atoms with Crippen LogP contribution in [0.3, 0.4) is 0 Å². The average Bonchev–Trinajstić information content (AvgIpc) is 3.46. The van der Waals surface area contributed by atoms with Crippen LogP contribution >= 0.6 is 11.6 Å². The molecular formula is C28H26ClN3O3. The molecule has 1 atom stereocenters. The summed E-state index contributed by atoms with van der Waals surface area (Å²) in [5, 5.41) is 3.54. The van der Waals surface area contributed by atoms with Gasteiger partial charge in [0.25, 0.3) is 11.8 Å². The monoisotopic (exact) mass is 487 g/mol. The van der Waals surface area contributed by atoms with Gasteiger partial charge in [0.1, 0.15) is 0 Å². The molecule has 0 unspecified atom stereocenters. The van der Waals surface area contributed by atoms with E-state index in [9.17, 15) is 9.59 Å². The molecule has 7 heteroatoms. The summed E-state index contributed by atoms with van der Waals surface area (Å²) < 4.78 is 6.21. The number of carbonyl (C=O) groups excluding carboxylic acids is 2. The lowest BCUT2D eigenvalue weighted by molar-refractivity contribution is -0.0742. The number of hydrogen-bond acceptors (Lipinski definition) is 4. The van der Waals surface area contributed by atoms with E-state index in [0.717, 1.165) is 31.2 Å². The summed E-state index contributed by atoms with van der Waals surface area (Å²) in [4.78, 5) is 32.4. The normalized spacial score (nSPS) is 19.9. The Morgan fingerprint density at radius 2 is 1.91 bits per heavy atom. The quantitative estimate of drug-likeness (QED) is 0.575. The second-order valence-electron chi connectivity index (χ2n) is 9.57. The molecule has 1 N–H and O–H groups in total. The average molecular weight is 488 g/mol. The molecule has 0 saturated carbocycles. The number of aromatic nitrogens is 1. The Labute approximate surface area is 209 Å². The molecule has 35 heavy (non-hydrogen) atoms. The Kier molecular flexibility index (Phi) is 5.58. The number of carbonyl (C=O) groups is 2. The minimum Gasteiger partial charge on any atom is -0.365 e. The zero-order valence-electron chi connectivity index (χ0n) is 19.3. The number of rotatable bonds is 3. The SMILES string of the molecule is O=C(N[C@@H]1CCc2ccc(C(=O)N3CCC4(CC3)OCc3ccncc34)cc21)c1ccccc1Cl. The maximum atomic E-state index is 13.4. The van der Waals surface area contributed by atoms with Crippen LogP contribution in [0.15, 0.2) is 60.9 Å². The Bertz CT molecular complexity index is 1320. The number of halogens is 1. The number of likely N-dealkylation sites (tertiary alicyclic amines) is 1. The third-order valence-electron chi connectivity index (χ3n) is 7.66. The van der Waals surface area contributed by atoms with Crippen LogP contribution < -0.4 is 5.32 Å². The predicted octanol–water partition coefficient (Wildman–Crippen LogP) is 4.81. The van der Waals surface area contributed by atoms with Crippen molar-refractivity contribution in [1.29, 1.82) is 0 Å². The lowest BCUT2D eigenvalue weighted by atomic mass is 9.84. The highest BCUT2D eigenvalue weighted by atomic mass is 35.5. The highest BCUT2D eigenvalue weighted by molar-refractivity contribution is 6.33. The minimum atomic E-state index is -0.327. The van der Waals surface area contributed by atoms with E-state index in [1.165, 1.54) is 16.7 Å². The van der Waals surface area contributed by atoms with Gasteiger partial charge in [0.15, 0.2) is 0 Å². The van der Waals surface area contributed by atoms with Gasteiger partial charge < -0.3 is 15.0 Å². The van der Waals surface area contributed by atoms with Crippen LogP contribution in [-0.2, 0) is 23.4 Å². The Hall–Kier alpha value is -3.22. The maximum Gasteiger partial charge on any atom is 0.253 e. The first-order valence-corrected chi connectivity index (χ1v) is 12.5. The van der Waals surface area contributed by atoms with Crippen molar-refractivity contribution in [3.05, 3.63) is 99.3 Å².